The summed E-state index contributed by atoms with van der Waals surface area (Å²) in [6, 6.07) is 8.56. The van der Waals surface area contributed by atoms with Gasteiger partial charge in [0.05, 0.1) is 27.8 Å². The van der Waals surface area contributed by atoms with E-state index < -0.39 is 39.5 Å². The second-order valence-corrected chi connectivity index (χ2v) is 9.79. The van der Waals surface area contributed by atoms with Crippen molar-refractivity contribution in [2.24, 2.45) is 0 Å². The van der Waals surface area contributed by atoms with Gasteiger partial charge in [-0.3, -0.25) is 4.21 Å². The number of benzene rings is 1. The zero-order chi connectivity index (χ0) is 19.7. The molecule has 4 atom stereocenters. The number of hydrogen-bond acceptors (Lipinski definition) is 4. The maximum Gasteiger partial charge on any atom is 0.407 e. The highest BCUT2D eigenvalue weighted by Crippen LogP contribution is 2.19. The van der Waals surface area contributed by atoms with E-state index in [1.165, 1.54) is 0 Å². The molecule has 0 aliphatic heterocycles. The van der Waals surface area contributed by atoms with Crippen molar-refractivity contribution in [3.8, 4) is 0 Å². The van der Waals surface area contributed by atoms with Crippen molar-refractivity contribution in [2.75, 3.05) is 5.75 Å². The highest BCUT2D eigenvalue weighted by atomic mass is 79.9. The Bertz CT molecular complexity index is 577. The first-order valence-corrected chi connectivity index (χ1v) is 11.1. The van der Waals surface area contributed by atoms with Crippen LogP contribution >= 0.6 is 15.9 Å². The van der Waals surface area contributed by atoms with Crippen molar-refractivity contribution in [2.45, 2.75) is 74.4 Å². The van der Waals surface area contributed by atoms with E-state index in [1.807, 2.05) is 18.2 Å². The predicted octanol–water partition coefficient (Wildman–Crippen LogP) is 4.00. The zero-order valence-corrected chi connectivity index (χ0v) is 18.3. The minimum absolute atomic E-state index is 0.183. The Labute approximate surface area is 167 Å². The normalized spacial score (nSPS) is 16.4. The molecule has 1 amide bonds. The summed E-state index contributed by atoms with van der Waals surface area (Å²) in [7, 11) is -1.31. The average Bonchev–Trinajstić information content (AvgIpc) is 2.57. The average molecular weight is 448 g/mol. The molecule has 1 rings (SSSR count). The predicted molar refractivity (Wildman–Crippen MR) is 109 cm³/mol. The highest BCUT2D eigenvalue weighted by Gasteiger charge is 2.30. The lowest BCUT2D eigenvalue weighted by atomic mass is 10.1. The fourth-order valence-electron chi connectivity index (χ4n) is 2.34. The molecule has 26 heavy (non-hydrogen) atoms. The topological polar surface area (TPSA) is 75.6 Å². The van der Waals surface area contributed by atoms with Gasteiger partial charge in [-0.15, -0.1) is 0 Å². The summed E-state index contributed by atoms with van der Waals surface area (Å²) in [6.07, 6.45) is 1.22. The van der Waals surface area contributed by atoms with Gasteiger partial charge in [0.15, 0.2) is 0 Å². The first kappa shape index (κ1) is 23.1. The second kappa shape index (κ2) is 11.0. The molecular formula is C19H30BrNO4S. The van der Waals surface area contributed by atoms with Crippen molar-refractivity contribution < 1.29 is 18.8 Å². The lowest BCUT2D eigenvalue weighted by Gasteiger charge is -2.29. The molecule has 0 aliphatic carbocycles. The van der Waals surface area contributed by atoms with Gasteiger partial charge in [-0.25, -0.2) is 4.79 Å². The number of carbonyl (C=O) groups excluding carboxylic acids is 1. The Balaban J connectivity index is 2.86. The summed E-state index contributed by atoms with van der Waals surface area (Å²) >= 11 is 3.49. The number of rotatable bonds is 9. The molecule has 7 heteroatoms. The molecule has 0 unspecified atom stereocenters. The van der Waals surface area contributed by atoms with E-state index in [2.05, 4.69) is 28.2 Å². The minimum atomic E-state index is -1.31. The summed E-state index contributed by atoms with van der Waals surface area (Å²) in [5, 5.41) is 13.2. The number of alkyl carbamates (subject to hydrolysis) is 1. The number of ether oxygens (including phenoxy) is 1. The molecule has 0 bridgehead atoms. The van der Waals surface area contributed by atoms with E-state index >= 15 is 0 Å². The molecule has 0 fully saturated rings. The molecule has 1 aromatic rings. The zero-order valence-electron chi connectivity index (χ0n) is 15.9. The molecule has 148 valence electrons. The molecule has 5 nitrogen and oxygen atoms in total. The maximum absolute atomic E-state index is 12.7. The molecule has 1 aromatic carbocycles. The largest absolute Gasteiger partial charge is 0.444 e. The molecule has 0 aromatic heterocycles. The molecule has 0 saturated carbocycles. The van der Waals surface area contributed by atoms with Gasteiger partial charge >= 0.3 is 6.09 Å². The number of hydrogen-bond donors (Lipinski definition) is 2. The number of carbonyl (C=O) groups is 1. The number of aliphatic hydroxyl groups is 1. The highest BCUT2D eigenvalue weighted by molar-refractivity contribution is 9.09. The van der Waals surface area contributed by atoms with Gasteiger partial charge in [-0.05, 0) is 39.3 Å². The van der Waals surface area contributed by atoms with E-state index in [1.54, 1.807) is 32.9 Å². The van der Waals surface area contributed by atoms with Crippen LogP contribution in [0.2, 0.25) is 0 Å². The fourth-order valence-corrected chi connectivity index (χ4v) is 4.45. The van der Waals surface area contributed by atoms with E-state index in [0.29, 0.717) is 11.3 Å². The van der Waals surface area contributed by atoms with E-state index in [4.69, 9.17) is 4.74 Å². The van der Waals surface area contributed by atoms with Crippen LogP contribution in [0.4, 0.5) is 4.79 Å². The SMILES string of the molecule is CCCC[C@H](O)[C@@H](Br)[C@H](C[S@@](=O)c1ccccc1)NC(=O)OC(C)(C)C. The van der Waals surface area contributed by atoms with Crippen LogP contribution in [0, 0.1) is 0 Å². The van der Waals surface area contributed by atoms with Gasteiger partial charge in [0, 0.05) is 10.6 Å². The Morgan fingerprint density at radius 2 is 1.92 bits per heavy atom. The van der Waals surface area contributed by atoms with Crippen molar-refractivity contribution >= 4 is 32.8 Å². The third-order valence-corrected chi connectivity index (χ3v) is 6.35. The molecule has 0 spiro atoms. The van der Waals surface area contributed by atoms with E-state index in [-0.39, 0.29) is 5.75 Å². The van der Waals surface area contributed by atoms with Crippen molar-refractivity contribution in [1.82, 2.24) is 5.32 Å². The van der Waals surface area contributed by atoms with Crippen LogP contribution in [-0.4, -0.2) is 43.7 Å². The van der Waals surface area contributed by atoms with Gasteiger partial charge in [-0.2, -0.15) is 0 Å². The number of aliphatic hydroxyl groups excluding tert-OH is 1. The number of unbranched alkanes of at least 4 members (excludes halogenated alkanes) is 1. The van der Waals surface area contributed by atoms with Gasteiger partial charge < -0.3 is 15.2 Å². The number of nitrogens with one attached hydrogen (secondary N) is 1. The van der Waals surface area contributed by atoms with Crippen molar-refractivity contribution in [3.05, 3.63) is 30.3 Å². The molecule has 0 heterocycles. The van der Waals surface area contributed by atoms with Crippen LogP contribution in [0.25, 0.3) is 0 Å². The van der Waals surface area contributed by atoms with Gasteiger partial charge in [0.25, 0.3) is 0 Å². The second-order valence-electron chi connectivity index (χ2n) is 7.23. The summed E-state index contributed by atoms with van der Waals surface area (Å²) in [5.41, 5.74) is -0.629. The molecular weight excluding hydrogens is 418 g/mol. The van der Waals surface area contributed by atoms with Gasteiger partial charge in [0.1, 0.15) is 5.60 Å². The Morgan fingerprint density at radius 1 is 1.31 bits per heavy atom. The Kier molecular flexibility index (Phi) is 9.82. The van der Waals surface area contributed by atoms with Crippen LogP contribution in [0.5, 0.6) is 0 Å². The lowest BCUT2D eigenvalue weighted by Crippen LogP contribution is -2.50. The summed E-state index contributed by atoms with van der Waals surface area (Å²) in [4.78, 5) is 12.5. The van der Waals surface area contributed by atoms with E-state index in [0.717, 1.165) is 12.8 Å². The molecule has 0 aliphatic rings. The maximum atomic E-state index is 12.7. The van der Waals surface area contributed by atoms with Crippen LogP contribution < -0.4 is 5.32 Å². The third-order valence-electron chi connectivity index (χ3n) is 3.64. The van der Waals surface area contributed by atoms with Gasteiger partial charge in [0.2, 0.25) is 0 Å². The lowest BCUT2D eigenvalue weighted by molar-refractivity contribution is 0.0494. The summed E-state index contributed by atoms with van der Waals surface area (Å²) < 4.78 is 18.0. The monoisotopic (exact) mass is 447 g/mol. The van der Waals surface area contributed by atoms with E-state index in [9.17, 15) is 14.1 Å². The van der Waals surface area contributed by atoms with Crippen LogP contribution in [-0.2, 0) is 15.5 Å². The van der Waals surface area contributed by atoms with Crippen LogP contribution in [0.3, 0.4) is 0 Å². The first-order valence-electron chi connectivity index (χ1n) is 8.89. The number of amides is 1. The van der Waals surface area contributed by atoms with Gasteiger partial charge in [-0.1, -0.05) is 53.9 Å². The summed E-state index contributed by atoms with van der Waals surface area (Å²) in [5.74, 6) is 0.183. The van der Waals surface area contributed by atoms with Crippen LogP contribution in [0.1, 0.15) is 47.0 Å². The quantitative estimate of drug-likeness (QED) is 0.560. The fraction of sp³-hybridized carbons (Fsp3) is 0.632. The van der Waals surface area contributed by atoms with Crippen molar-refractivity contribution in [1.29, 1.82) is 0 Å². The molecule has 0 radical (unpaired) electrons. The summed E-state index contributed by atoms with van der Waals surface area (Å²) in [6.45, 7) is 7.40. The molecule has 0 saturated heterocycles. The minimum Gasteiger partial charge on any atom is -0.444 e. The standard InChI is InChI=1S/C19H30BrNO4S/c1-5-6-12-16(22)17(20)15(21-18(23)25-19(2,3)4)13-26(24)14-10-8-7-9-11-14/h7-11,15-17,22H,5-6,12-13H2,1-4H3,(H,21,23)/t15-,16-,17-,26+/m0/s1. The number of halogens is 1. The van der Waals surface area contributed by atoms with Crippen LogP contribution in [0.15, 0.2) is 35.2 Å². The smallest absolute Gasteiger partial charge is 0.407 e. The molecule has 2 N–H and O–H groups in total. The third kappa shape index (κ3) is 8.64. The number of alkyl halides is 1. The van der Waals surface area contributed by atoms with Crippen molar-refractivity contribution in [3.63, 3.8) is 0 Å². The Morgan fingerprint density at radius 3 is 2.46 bits per heavy atom. The first-order chi connectivity index (χ1) is 12.1. The Hall–Kier alpha value is -0.920.